The number of hydrogen-bond donors (Lipinski definition) is 0. The highest BCUT2D eigenvalue weighted by atomic mass is 16.5. The first-order valence-corrected chi connectivity index (χ1v) is 18.5. The zero-order valence-corrected chi connectivity index (χ0v) is 29.7. The Bertz CT molecular complexity index is 468. The summed E-state index contributed by atoms with van der Waals surface area (Å²) in [5, 5.41) is 0. The minimum atomic E-state index is 0.544. The Balaban J connectivity index is 5.24. The molecule has 0 saturated carbocycles. The Morgan fingerprint density at radius 1 is 0.390 bits per heavy atom. The van der Waals surface area contributed by atoms with Crippen molar-refractivity contribution in [3.8, 4) is 0 Å². The lowest BCUT2D eigenvalue weighted by molar-refractivity contribution is 0.0141. The Morgan fingerprint density at radius 2 is 0.732 bits per heavy atom. The number of nitrogens with zero attached hydrogens (tertiary/aromatic N) is 4. The number of unbranched alkanes of at least 4 members (excludes halogenated alkanes) is 10. The van der Waals surface area contributed by atoms with Crippen LogP contribution in [-0.4, -0.2) is 110 Å². The molecule has 0 aliphatic carbocycles. The molecule has 5 heteroatoms. The van der Waals surface area contributed by atoms with Gasteiger partial charge in [0.2, 0.25) is 0 Å². The molecule has 0 heterocycles. The van der Waals surface area contributed by atoms with Crippen LogP contribution < -0.4 is 0 Å². The first-order chi connectivity index (χ1) is 20.0. The molecule has 248 valence electrons. The van der Waals surface area contributed by atoms with E-state index in [1.807, 2.05) is 0 Å². The van der Waals surface area contributed by atoms with Crippen LogP contribution in [0.5, 0.6) is 0 Å². The Hall–Kier alpha value is -0.200. The van der Waals surface area contributed by atoms with Gasteiger partial charge < -0.3 is 14.5 Å². The van der Waals surface area contributed by atoms with Crippen molar-refractivity contribution in [2.45, 2.75) is 157 Å². The summed E-state index contributed by atoms with van der Waals surface area (Å²) in [7, 11) is 0. The first-order valence-electron chi connectivity index (χ1n) is 18.5. The molecule has 0 aliphatic rings. The average molecular weight is 583 g/mol. The van der Waals surface area contributed by atoms with Crippen LogP contribution in [0.4, 0.5) is 0 Å². The third-order valence-electron chi connectivity index (χ3n) is 9.44. The number of likely N-dealkylation sites (N-methyl/N-ethyl adjacent to an activating group) is 4. The molecule has 0 bridgehead atoms. The molecule has 0 aromatic heterocycles. The molecule has 0 spiro atoms. The third kappa shape index (κ3) is 21.2. The fourth-order valence-electron chi connectivity index (χ4n) is 6.22. The van der Waals surface area contributed by atoms with Gasteiger partial charge in [-0.15, -0.1) is 0 Å². The average Bonchev–Trinajstić information content (AvgIpc) is 3.00. The maximum absolute atomic E-state index is 6.72. The van der Waals surface area contributed by atoms with Gasteiger partial charge in [0.05, 0.1) is 13.2 Å². The molecule has 2 atom stereocenters. The smallest absolute Gasteiger partial charge is 0.0622 e. The quantitative estimate of drug-likeness (QED) is 0.0739. The van der Waals surface area contributed by atoms with Crippen molar-refractivity contribution < 1.29 is 4.74 Å². The molecule has 0 amide bonds. The topological polar surface area (TPSA) is 22.2 Å². The van der Waals surface area contributed by atoms with Gasteiger partial charge in [0.25, 0.3) is 0 Å². The molecule has 5 nitrogen and oxygen atoms in total. The van der Waals surface area contributed by atoms with Crippen molar-refractivity contribution in [3.63, 3.8) is 0 Å². The number of rotatable bonds is 32. The van der Waals surface area contributed by atoms with E-state index in [4.69, 9.17) is 4.74 Å². The van der Waals surface area contributed by atoms with Crippen molar-refractivity contribution in [2.75, 3.05) is 78.7 Å². The van der Waals surface area contributed by atoms with Gasteiger partial charge in [0.15, 0.2) is 0 Å². The van der Waals surface area contributed by atoms with E-state index in [9.17, 15) is 0 Å². The van der Waals surface area contributed by atoms with E-state index in [0.29, 0.717) is 12.1 Å². The largest absolute Gasteiger partial charge is 0.378 e. The van der Waals surface area contributed by atoms with Gasteiger partial charge in [0, 0.05) is 38.3 Å². The maximum atomic E-state index is 6.72. The summed E-state index contributed by atoms with van der Waals surface area (Å²) in [4.78, 5) is 10.6. The van der Waals surface area contributed by atoms with Crippen LogP contribution in [0.1, 0.15) is 145 Å². The van der Waals surface area contributed by atoms with Crippen molar-refractivity contribution in [2.24, 2.45) is 0 Å². The van der Waals surface area contributed by atoms with E-state index in [1.54, 1.807) is 0 Å². The van der Waals surface area contributed by atoms with Gasteiger partial charge in [-0.1, -0.05) is 132 Å². The Labute approximate surface area is 260 Å². The molecule has 0 aromatic carbocycles. The lowest BCUT2D eigenvalue weighted by Crippen LogP contribution is -2.45. The van der Waals surface area contributed by atoms with Gasteiger partial charge in [-0.25, -0.2) is 0 Å². The zero-order chi connectivity index (χ0) is 30.6. The highest BCUT2D eigenvalue weighted by Crippen LogP contribution is 2.17. The fraction of sp³-hybridized carbons (Fsp3) is 1.00. The second-order valence-electron chi connectivity index (χ2n) is 12.3. The first kappa shape index (κ1) is 40.8. The lowest BCUT2D eigenvalue weighted by Gasteiger charge is -2.35. The molecule has 0 aliphatic heterocycles. The van der Waals surface area contributed by atoms with Crippen molar-refractivity contribution >= 4 is 0 Å². The second-order valence-corrected chi connectivity index (χ2v) is 12.3. The summed E-state index contributed by atoms with van der Waals surface area (Å²) in [6.45, 7) is 31.8. The molecule has 0 N–H and O–H groups in total. The maximum Gasteiger partial charge on any atom is 0.0622 e. The summed E-state index contributed by atoms with van der Waals surface area (Å²) < 4.78 is 6.72. The zero-order valence-electron chi connectivity index (χ0n) is 29.7. The van der Waals surface area contributed by atoms with Crippen LogP contribution >= 0.6 is 0 Å². The van der Waals surface area contributed by atoms with Gasteiger partial charge in [-0.05, 0) is 52.1 Å². The van der Waals surface area contributed by atoms with E-state index in [2.05, 4.69) is 75.0 Å². The minimum absolute atomic E-state index is 0.544. The van der Waals surface area contributed by atoms with Crippen LogP contribution in [0.3, 0.4) is 0 Å². The summed E-state index contributed by atoms with van der Waals surface area (Å²) in [6.07, 6.45) is 19.0. The Kier molecular flexibility index (Phi) is 29.7. The molecular weight excluding hydrogens is 504 g/mol. The fourth-order valence-corrected chi connectivity index (χ4v) is 6.22. The van der Waals surface area contributed by atoms with Gasteiger partial charge in [0.1, 0.15) is 0 Å². The molecule has 0 rings (SSSR count). The molecule has 0 saturated heterocycles. The highest BCUT2D eigenvalue weighted by molar-refractivity contribution is 4.76. The van der Waals surface area contributed by atoms with E-state index in [-0.39, 0.29) is 0 Å². The van der Waals surface area contributed by atoms with Crippen molar-refractivity contribution in [3.05, 3.63) is 0 Å². The molecule has 0 radical (unpaired) electrons. The van der Waals surface area contributed by atoms with E-state index >= 15 is 0 Å². The van der Waals surface area contributed by atoms with Crippen LogP contribution in [0.2, 0.25) is 0 Å². The highest BCUT2D eigenvalue weighted by Gasteiger charge is 2.21. The monoisotopic (exact) mass is 583 g/mol. The van der Waals surface area contributed by atoms with Crippen LogP contribution in [-0.2, 0) is 4.74 Å². The normalized spacial score (nSPS) is 13.8. The lowest BCUT2D eigenvalue weighted by atomic mass is 10.0. The molecule has 0 aromatic rings. The predicted molar refractivity (Wildman–Crippen MR) is 184 cm³/mol. The van der Waals surface area contributed by atoms with Gasteiger partial charge in [-0.3, -0.25) is 9.80 Å². The van der Waals surface area contributed by atoms with E-state index in [0.717, 1.165) is 65.6 Å². The third-order valence-corrected chi connectivity index (χ3v) is 9.44. The summed E-state index contributed by atoms with van der Waals surface area (Å²) >= 11 is 0. The van der Waals surface area contributed by atoms with Crippen molar-refractivity contribution in [1.29, 1.82) is 0 Å². The molecule has 41 heavy (non-hydrogen) atoms. The summed E-state index contributed by atoms with van der Waals surface area (Å²) in [6, 6.07) is 1.09. The Morgan fingerprint density at radius 3 is 1.05 bits per heavy atom. The van der Waals surface area contributed by atoms with Crippen LogP contribution in [0.25, 0.3) is 0 Å². The SMILES string of the molecule is CCCCCCCCC(COCC(CCCCCCCC)N(CC)CCN(CC)CC)N(CC)CCN(CC)CC. The van der Waals surface area contributed by atoms with E-state index in [1.165, 1.54) is 103 Å². The predicted octanol–water partition coefficient (Wildman–Crippen LogP) is 8.57. The van der Waals surface area contributed by atoms with Gasteiger partial charge in [-0.2, -0.15) is 0 Å². The van der Waals surface area contributed by atoms with Crippen LogP contribution in [0, 0.1) is 0 Å². The van der Waals surface area contributed by atoms with Crippen molar-refractivity contribution in [1.82, 2.24) is 19.6 Å². The number of hydrogen-bond acceptors (Lipinski definition) is 5. The van der Waals surface area contributed by atoms with Crippen LogP contribution in [0.15, 0.2) is 0 Å². The second kappa shape index (κ2) is 29.9. The standard InChI is InChI=1S/C36H78N4O/c1-9-17-19-21-23-25-27-35(39(15-7)31-29-37(11-3)12-4)33-41-34-36(28-26-24-22-20-18-10-2)40(16-8)32-30-38(13-5)14-6/h35-36H,9-34H2,1-8H3. The number of ether oxygens (including phenoxy) is 1. The molecule has 2 unspecified atom stereocenters. The minimum Gasteiger partial charge on any atom is -0.378 e. The van der Waals surface area contributed by atoms with Gasteiger partial charge >= 0.3 is 0 Å². The summed E-state index contributed by atoms with van der Waals surface area (Å²) in [5.74, 6) is 0. The molecule has 0 fully saturated rings. The summed E-state index contributed by atoms with van der Waals surface area (Å²) in [5.41, 5.74) is 0. The van der Waals surface area contributed by atoms with E-state index < -0.39 is 0 Å². The molecular formula is C36H78N4O.